The summed E-state index contributed by atoms with van der Waals surface area (Å²) in [4.78, 5) is 12.5. The molecule has 20 heavy (non-hydrogen) atoms. The van der Waals surface area contributed by atoms with Crippen molar-refractivity contribution in [3.8, 4) is 11.5 Å². The number of benzene rings is 1. The van der Waals surface area contributed by atoms with Crippen molar-refractivity contribution in [2.75, 3.05) is 32.6 Å². The molecule has 1 atom stereocenters. The Bertz CT molecular complexity index is 460. The molecule has 1 aromatic carbocycles. The zero-order valence-electron chi connectivity index (χ0n) is 12.3. The Labute approximate surface area is 119 Å². The Hall–Kier alpha value is -1.75. The monoisotopic (exact) mass is 278 g/mol. The number of carbonyl (C=O) groups is 1. The summed E-state index contributed by atoms with van der Waals surface area (Å²) in [5.41, 5.74) is 0.391. The first-order valence-corrected chi connectivity index (χ1v) is 6.89. The van der Waals surface area contributed by atoms with Crippen LogP contribution in [0.25, 0.3) is 0 Å². The van der Waals surface area contributed by atoms with E-state index in [0.29, 0.717) is 17.2 Å². The molecule has 0 aromatic heterocycles. The molecule has 5 nitrogen and oxygen atoms in total. The largest absolute Gasteiger partial charge is 0.497 e. The van der Waals surface area contributed by atoms with Gasteiger partial charge in [-0.3, -0.25) is 4.79 Å². The highest BCUT2D eigenvalue weighted by Gasteiger charge is 2.39. The molecule has 1 saturated heterocycles. The van der Waals surface area contributed by atoms with E-state index in [4.69, 9.17) is 9.47 Å². The van der Waals surface area contributed by atoms with Gasteiger partial charge >= 0.3 is 0 Å². The van der Waals surface area contributed by atoms with Gasteiger partial charge in [0.15, 0.2) is 0 Å². The van der Waals surface area contributed by atoms with Crippen molar-refractivity contribution in [1.29, 1.82) is 0 Å². The van der Waals surface area contributed by atoms with Crippen LogP contribution in [0.5, 0.6) is 11.5 Å². The van der Waals surface area contributed by atoms with Crippen LogP contribution in [0.3, 0.4) is 0 Å². The van der Waals surface area contributed by atoms with Crippen LogP contribution in [0.1, 0.15) is 19.8 Å². The first-order valence-electron chi connectivity index (χ1n) is 6.89. The smallest absolute Gasteiger partial charge is 0.231 e. The number of ether oxygens (including phenoxy) is 2. The fourth-order valence-electron chi connectivity index (χ4n) is 2.54. The highest BCUT2D eigenvalue weighted by Crippen LogP contribution is 2.32. The van der Waals surface area contributed by atoms with Crippen LogP contribution < -0.4 is 20.1 Å². The molecule has 110 valence electrons. The summed E-state index contributed by atoms with van der Waals surface area (Å²) in [7, 11) is 3.18. The van der Waals surface area contributed by atoms with Crippen LogP contribution in [-0.4, -0.2) is 33.2 Å². The maximum atomic E-state index is 12.5. The predicted molar refractivity (Wildman–Crippen MR) is 78.4 cm³/mol. The molecule has 5 heteroatoms. The first kappa shape index (κ1) is 14.7. The highest BCUT2D eigenvalue weighted by atomic mass is 16.5. The van der Waals surface area contributed by atoms with Crippen molar-refractivity contribution in [2.24, 2.45) is 5.41 Å². The molecule has 0 bridgehead atoms. The van der Waals surface area contributed by atoms with E-state index in [1.165, 1.54) is 0 Å². The summed E-state index contributed by atoms with van der Waals surface area (Å²) >= 11 is 0. The Morgan fingerprint density at radius 3 is 2.40 bits per heavy atom. The minimum atomic E-state index is -0.309. The number of methoxy groups -OCH3 is 2. The molecule has 1 amide bonds. The second-order valence-corrected chi connectivity index (χ2v) is 5.12. The van der Waals surface area contributed by atoms with E-state index in [0.717, 1.165) is 25.9 Å². The lowest BCUT2D eigenvalue weighted by molar-refractivity contribution is -0.124. The van der Waals surface area contributed by atoms with Crippen molar-refractivity contribution in [1.82, 2.24) is 5.32 Å². The fraction of sp³-hybridized carbons (Fsp3) is 0.533. The minimum absolute atomic E-state index is 0.0558. The van der Waals surface area contributed by atoms with Crippen LogP contribution in [0.2, 0.25) is 0 Å². The second-order valence-electron chi connectivity index (χ2n) is 5.12. The van der Waals surface area contributed by atoms with Crippen LogP contribution in [-0.2, 0) is 4.79 Å². The lowest BCUT2D eigenvalue weighted by Gasteiger charge is -2.25. The van der Waals surface area contributed by atoms with Gasteiger partial charge in [-0.25, -0.2) is 0 Å². The van der Waals surface area contributed by atoms with Gasteiger partial charge in [-0.2, -0.15) is 0 Å². The molecule has 1 aromatic rings. The number of carbonyl (C=O) groups excluding carboxylic acids is 1. The van der Waals surface area contributed by atoms with Gasteiger partial charge < -0.3 is 20.1 Å². The minimum Gasteiger partial charge on any atom is -0.497 e. The van der Waals surface area contributed by atoms with Gasteiger partial charge in [0, 0.05) is 30.4 Å². The molecule has 0 saturated carbocycles. The van der Waals surface area contributed by atoms with E-state index in [2.05, 4.69) is 17.6 Å². The maximum Gasteiger partial charge on any atom is 0.231 e. The Morgan fingerprint density at radius 1 is 1.30 bits per heavy atom. The van der Waals surface area contributed by atoms with E-state index in [1.807, 2.05) is 0 Å². The normalized spacial score (nSPS) is 21.6. The first-order chi connectivity index (χ1) is 9.63. The molecule has 0 aliphatic carbocycles. The average molecular weight is 278 g/mol. The average Bonchev–Trinajstić information content (AvgIpc) is 2.97. The third-order valence-electron chi connectivity index (χ3n) is 4.01. The van der Waals surface area contributed by atoms with Crippen molar-refractivity contribution >= 4 is 11.6 Å². The van der Waals surface area contributed by atoms with Gasteiger partial charge in [0.2, 0.25) is 5.91 Å². The van der Waals surface area contributed by atoms with Gasteiger partial charge in [0.25, 0.3) is 0 Å². The highest BCUT2D eigenvalue weighted by molar-refractivity contribution is 5.96. The summed E-state index contributed by atoms with van der Waals surface area (Å²) in [6.07, 6.45) is 1.70. The van der Waals surface area contributed by atoms with Gasteiger partial charge in [-0.1, -0.05) is 6.92 Å². The Morgan fingerprint density at radius 2 is 1.95 bits per heavy atom. The molecule has 2 rings (SSSR count). The lowest BCUT2D eigenvalue weighted by atomic mass is 9.83. The van der Waals surface area contributed by atoms with Gasteiger partial charge in [0.1, 0.15) is 11.5 Å². The predicted octanol–water partition coefficient (Wildman–Crippen LogP) is 2.03. The molecule has 2 N–H and O–H groups in total. The number of anilines is 1. The zero-order valence-corrected chi connectivity index (χ0v) is 12.3. The molecule has 1 aliphatic heterocycles. The van der Waals surface area contributed by atoms with Crippen LogP contribution >= 0.6 is 0 Å². The summed E-state index contributed by atoms with van der Waals surface area (Å²) in [5, 5.41) is 6.25. The number of rotatable bonds is 5. The zero-order chi connectivity index (χ0) is 14.6. The summed E-state index contributed by atoms with van der Waals surface area (Å²) in [6.45, 7) is 3.68. The summed E-state index contributed by atoms with van der Waals surface area (Å²) in [5.74, 6) is 1.38. The summed E-state index contributed by atoms with van der Waals surface area (Å²) in [6, 6.07) is 5.38. The van der Waals surface area contributed by atoms with Crippen molar-refractivity contribution in [2.45, 2.75) is 19.8 Å². The number of nitrogens with one attached hydrogen (secondary N) is 2. The van der Waals surface area contributed by atoms with E-state index in [1.54, 1.807) is 32.4 Å². The Kier molecular flexibility index (Phi) is 4.49. The van der Waals surface area contributed by atoms with Crippen LogP contribution in [0, 0.1) is 5.41 Å². The van der Waals surface area contributed by atoms with E-state index in [9.17, 15) is 4.79 Å². The molecular weight excluding hydrogens is 256 g/mol. The third kappa shape index (κ3) is 2.88. The van der Waals surface area contributed by atoms with Crippen LogP contribution in [0.4, 0.5) is 5.69 Å². The molecule has 0 radical (unpaired) electrons. The Balaban J connectivity index is 2.18. The number of amides is 1. The molecular formula is C15H22N2O3. The number of hydrogen-bond donors (Lipinski definition) is 2. The SMILES string of the molecule is CCC1(C(=O)Nc2cc(OC)cc(OC)c2)CCNC1. The quantitative estimate of drug-likeness (QED) is 0.865. The molecule has 1 aliphatic rings. The molecule has 1 fully saturated rings. The topological polar surface area (TPSA) is 59.6 Å². The summed E-state index contributed by atoms with van der Waals surface area (Å²) < 4.78 is 10.4. The van der Waals surface area contributed by atoms with Crippen molar-refractivity contribution in [3.63, 3.8) is 0 Å². The molecule has 1 unspecified atom stereocenters. The second kappa shape index (κ2) is 6.13. The van der Waals surface area contributed by atoms with Gasteiger partial charge in [-0.15, -0.1) is 0 Å². The molecule has 0 spiro atoms. The fourth-order valence-corrected chi connectivity index (χ4v) is 2.54. The third-order valence-corrected chi connectivity index (χ3v) is 4.01. The van der Waals surface area contributed by atoms with E-state index < -0.39 is 0 Å². The maximum absolute atomic E-state index is 12.5. The van der Waals surface area contributed by atoms with E-state index >= 15 is 0 Å². The lowest BCUT2D eigenvalue weighted by Crippen LogP contribution is -2.37. The van der Waals surface area contributed by atoms with Gasteiger partial charge in [0.05, 0.1) is 19.6 Å². The van der Waals surface area contributed by atoms with Crippen LogP contribution in [0.15, 0.2) is 18.2 Å². The standard InChI is InChI=1S/C15H22N2O3/c1-4-15(5-6-16-10-15)14(18)17-11-7-12(19-2)9-13(8-11)20-3/h7-9,16H,4-6,10H2,1-3H3,(H,17,18). The van der Waals surface area contributed by atoms with Crippen molar-refractivity contribution in [3.05, 3.63) is 18.2 Å². The molecule has 1 heterocycles. The van der Waals surface area contributed by atoms with E-state index in [-0.39, 0.29) is 11.3 Å². The van der Waals surface area contributed by atoms with Gasteiger partial charge in [-0.05, 0) is 19.4 Å². The number of hydrogen-bond acceptors (Lipinski definition) is 4. The van der Waals surface area contributed by atoms with Crippen molar-refractivity contribution < 1.29 is 14.3 Å².